The molecule has 0 aliphatic heterocycles. The molecular formula is C31H31N3O5S. The molecular weight excluding hydrogens is 526 g/mol. The van der Waals surface area contributed by atoms with Gasteiger partial charge in [-0.25, -0.2) is 8.42 Å². The van der Waals surface area contributed by atoms with E-state index in [0.29, 0.717) is 17.2 Å². The number of sulfonamides is 1. The highest BCUT2D eigenvalue weighted by Gasteiger charge is 2.30. The number of anilines is 2. The van der Waals surface area contributed by atoms with Crippen LogP contribution in [0.1, 0.15) is 35.8 Å². The first-order chi connectivity index (χ1) is 19.1. The summed E-state index contributed by atoms with van der Waals surface area (Å²) >= 11 is 0. The molecule has 2 amide bonds. The van der Waals surface area contributed by atoms with Crippen LogP contribution in [0.4, 0.5) is 11.4 Å². The van der Waals surface area contributed by atoms with E-state index in [0.717, 1.165) is 16.1 Å². The predicted molar refractivity (Wildman–Crippen MR) is 157 cm³/mol. The summed E-state index contributed by atoms with van der Waals surface area (Å²) in [4.78, 5) is 26.4. The number of ether oxygens (including phenoxy) is 1. The van der Waals surface area contributed by atoms with Gasteiger partial charge < -0.3 is 15.4 Å². The summed E-state index contributed by atoms with van der Waals surface area (Å²) in [6, 6.07) is 30.4. The van der Waals surface area contributed by atoms with Crippen LogP contribution >= 0.6 is 0 Å². The number of hydrogen-bond acceptors (Lipinski definition) is 5. The van der Waals surface area contributed by atoms with Gasteiger partial charge in [0.1, 0.15) is 17.5 Å². The second-order valence-electron chi connectivity index (χ2n) is 9.28. The fraction of sp³-hybridized carbons (Fsp3) is 0.161. The Morgan fingerprint density at radius 2 is 1.30 bits per heavy atom. The van der Waals surface area contributed by atoms with Crippen molar-refractivity contribution < 1.29 is 22.7 Å². The van der Waals surface area contributed by atoms with Crippen LogP contribution in [0.2, 0.25) is 0 Å². The Morgan fingerprint density at radius 1 is 0.750 bits per heavy atom. The molecule has 2 atom stereocenters. The maximum Gasteiger partial charge on any atom is 0.253 e. The molecule has 0 aromatic heterocycles. The third-order valence-electron chi connectivity index (χ3n) is 6.24. The van der Waals surface area contributed by atoms with E-state index in [1.807, 2.05) is 67.6 Å². The molecule has 0 spiro atoms. The van der Waals surface area contributed by atoms with Crippen molar-refractivity contribution in [3.8, 4) is 11.5 Å². The van der Waals surface area contributed by atoms with Crippen molar-refractivity contribution in [2.24, 2.45) is 0 Å². The third-order valence-corrected chi connectivity index (χ3v) is 7.48. The molecule has 0 aliphatic carbocycles. The SMILES string of the molecule is CC(NC(=O)c1ccccc1NC(=O)C(C)N(c1ccc(Oc2ccccc2)cc1)S(C)(=O)=O)c1ccccc1. The van der Waals surface area contributed by atoms with Gasteiger partial charge in [0.15, 0.2) is 0 Å². The van der Waals surface area contributed by atoms with Crippen LogP contribution in [0.15, 0.2) is 109 Å². The summed E-state index contributed by atoms with van der Waals surface area (Å²) in [5.74, 6) is 0.203. The summed E-state index contributed by atoms with van der Waals surface area (Å²) in [5, 5.41) is 5.68. The quantitative estimate of drug-likeness (QED) is 0.258. The summed E-state index contributed by atoms with van der Waals surface area (Å²) < 4.78 is 32.4. The summed E-state index contributed by atoms with van der Waals surface area (Å²) in [5.41, 5.74) is 1.78. The van der Waals surface area contributed by atoms with Gasteiger partial charge >= 0.3 is 0 Å². The maximum absolute atomic E-state index is 13.3. The molecule has 206 valence electrons. The summed E-state index contributed by atoms with van der Waals surface area (Å²) in [6.07, 6.45) is 1.04. The number of carbonyl (C=O) groups is 2. The van der Waals surface area contributed by atoms with Crippen LogP contribution in [0.3, 0.4) is 0 Å². The Kier molecular flexibility index (Phi) is 8.86. The first-order valence-electron chi connectivity index (χ1n) is 12.7. The molecule has 2 N–H and O–H groups in total. The molecule has 0 fully saturated rings. The third kappa shape index (κ3) is 7.06. The van der Waals surface area contributed by atoms with E-state index in [2.05, 4.69) is 10.6 Å². The van der Waals surface area contributed by atoms with Crippen LogP contribution in [-0.2, 0) is 14.8 Å². The molecule has 0 saturated carbocycles. The van der Waals surface area contributed by atoms with Gasteiger partial charge in [0, 0.05) is 0 Å². The summed E-state index contributed by atoms with van der Waals surface area (Å²) in [6.45, 7) is 3.36. The fourth-order valence-corrected chi connectivity index (χ4v) is 5.40. The molecule has 40 heavy (non-hydrogen) atoms. The van der Waals surface area contributed by atoms with Gasteiger partial charge in [0.2, 0.25) is 15.9 Å². The van der Waals surface area contributed by atoms with Crippen LogP contribution in [0.25, 0.3) is 0 Å². The molecule has 0 saturated heterocycles. The van der Waals surface area contributed by atoms with Crippen LogP contribution < -0.4 is 19.7 Å². The molecule has 2 unspecified atom stereocenters. The highest BCUT2D eigenvalue weighted by molar-refractivity contribution is 7.92. The minimum Gasteiger partial charge on any atom is -0.457 e. The predicted octanol–water partition coefficient (Wildman–Crippen LogP) is 5.76. The van der Waals surface area contributed by atoms with E-state index in [1.54, 1.807) is 48.5 Å². The van der Waals surface area contributed by atoms with Crippen LogP contribution in [0, 0.1) is 0 Å². The maximum atomic E-state index is 13.3. The van der Waals surface area contributed by atoms with Crippen molar-refractivity contribution >= 4 is 33.2 Å². The lowest BCUT2D eigenvalue weighted by Gasteiger charge is -2.28. The average Bonchev–Trinajstić information content (AvgIpc) is 2.94. The number of benzene rings is 4. The average molecular weight is 558 g/mol. The van der Waals surface area contributed by atoms with Gasteiger partial charge in [-0.1, -0.05) is 60.7 Å². The molecule has 0 heterocycles. The number of nitrogens with one attached hydrogen (secondary N) is 2. The lowest BCUT2D eigenvalue weighted by molar-refractivity contribution is -0.116. The second kappa shape index (κ2) is 12.5. The molecule has 4 aromatic rings. The summed E-state index contributed by atoms with van der Waals surface area (Å²) in [7, 11) is -3.85. The molecule has 0 bridgehead atoms. The van der Waals surface area contributed by atoms with Gasteiger partial charge in [0.25, 0.3) is 5.91 Å². The van der Waals surface area contributed by atoms with Crippen molar-refractivity contribution in [3.05, 3.63) is 120 Å². The van der Waals surface area contributed by atoms with Gasteiger partial charge in [-0.2, -0.15) is 0 Å². The molecule has 8 nitrogen and oxygen atoms in total. The molecule has 9 heteroatoms. The Hall–Kier alpha value is -4.63. The normalized spacial score (nSPS) is 12.6. The van der Waals surface area contributed by atoms with Gasteiger partial charge in [0.05, 0.1) is 29.2 Å². The zero-order chi connectivity index (χ0) is 28.7. The second-order valence-corrected chi connectivity index (χ2v) is 11.1. The lowest BCUT2D eigenvalue weighted by Crippen LogP contribution is -2.45. The molecule has 0 radical (unpaired) electrons. The number of rotatable bonds is 10. The van der Waals surface area contributed by atoms with Crippen molar-refractivity contribution in [1.29, 1.82) is 0 Å². The number of hydrogen-bond donors (Lipinski definition) is 2. The van der Waals surface area contributed by atoms with E-state index < -0.39 is 22.0 Å². The standard InChI is InChI=1S/C31H31N3O5S/c1-22(24-12-6-4-7-13-24)32-31(36)28-16-10-11-17-29(28)33-30(35)23(2)34(40(3,37)38)25-18-20-27(21-19-25)39-26-14-8-5-9-15-26/h4-23H,1-3H3,(H,32,36)(H,33,35). The minimum atomic E-state index is -3.85. The molecule has 0 aliphatic rings. The monoisotopic (exact) mass is 557 g/mol. The Balaban J connectivity index is 1.51. The van der Waals surface area contributed by atoms with Crippen LogP contribution in [0.5, 0.6) is 11.5 Å². The topological polar surface area (TPSA) is 105 Å². The van der Waals surface area contributed by atoms with E-state index in [-0.39, 0.29) is 23.2 Å². The zero-order valence-electron chi connectivity index (χ0n) is 22.4. The van der Waals surface area contributed by atoms with E-state index >= 15 is 0 Å². The number of amides is 2. The van der Waals surface area contributed by atoms with E-state index in [4.69, 9.17) is 4.74 Å². The smallest absolute Gasteiger partial charge is 0.253 e. The Morgan fingerprint density at radius 3 is 1.93 bits per heavy atom. The Labute approximate surface area is 234 Å². The fourth-order valence-electron chi connectivity index (χ4n) is 4.22. The van der Waals surface area contributed by atoms with Crippen molar-refractivity contribution in [1.82, 2.24) is 5.32 Å². The van der Waals surface area contributed by atoms with E-state index in [9.17, 15) is 18.0 Å². The lowest BCUT2D eigenvalue weighted by atomic mass is 10.1. The zero-order valence-corrected chi connectivity index (χ0v) is 23.3. The van der Waals surface area contributed by atoms with E-state index in [1.165, 1.54) is 6.92 Å². The first-order valence-corrected chi connectivity index (χ1v) is 14.6. The number of nitrogens with zero attached hydrogens (tertiary/aromatic N) is 1. The Bertz CT molecular complexity index is 1560. The van der Waals surface area contributed by atoms with Gasteiger partial charge in [-0.3, -0.25) is 13.9 Å². The van der Waals surface area contributed by atoms with Crippen molar-refractivity contribution in [2.45, 2.75) is 25.9 Å². The van der Waals surface area contributed by atoms with Crippen molar-refractivity contribution in [3.63, 3.8) is 0 Å². The first kappa shape index (κ1) is 28.4. The number of carbonyl (C=O) groups excluding carboxylic acids is 2. The van der Waals surface area contributed by atoms with Gasteiger partial charge in [-0.05, 0) is 67.9 Å². The largest absolute Gasteiger partial charge is 0.457 e. The van der Waals surface area contributed by atoms with Gasteiger partial charge in [-0.15, -0.1) is 0 Å². The highest BCUT2D eigenvalue weighted by Crippen LogP contribution is 2.27. The van der Waals surface area contributed by atoms with Crippen LogP contribution in [-0.4, -0.2) is 32.5 Å². The minimum absolute atomic E-state index is 0.258. The number of para-hydroxylation sites is 2. The molecule has 4 rings (SSSR count). The highest BCUT2D eigenvalue weighted by atomic mass is 32.2. The molecule has 4 aromatic carbocycles. The van der Waals surface area contributed by atoms with Crippen molar-refractivity contribution in [2.75, 3.05) is 15.9 Å².